The highest BCUT2D eigenvalue weighted by Crippen LogP contribution is 2.51. The average Bonchev–Trinajstić information content (AvgIpc) is 3.27. The first-order valence-corrected chi connectivity index (χ1v) is 11.7. The van der Waals surface area contributed by atoms with Crippen LogP contribution in [0.25, 0.3) is 0 Å². The van der Waals surface area contributed by atoms with E-state index in [4.69, 9.17) is 5.73 Å². The van der Waals surface area contributed by atoms with Crippen LogP contribution in [0.1, 0.15) is 45.8 Å². The van der Waals surface area contributed by atoms with Gasteiger partial charge in [0, 0.05) is 44.7 Å². The number of ketones is 1. The third-order valence-corrected chi connectivity index (χ3v) is 7.75. The van der Waals surface area contributed by atoms with Crippen molar-refractivity contribution in [3.63, 3.8) is 0 Å². The minimum Gasteiger partial charge on any atom is -0.396 e. The summed E-state index contributed by atoms with van der Waals surface area (Å²) in [5.41, 5.74) is 9.94. The fraction of sp³-hybridized carbons (Fsp3) is 0.440. The molecule has 2 aliphatic carbocycles. The maximum absolute atomic E-state index is 12.9. The summed E-state index contributed by atoms with van der Waals surface area (Å²) in [5, 5.41) is 13.7. The van der Waals surface area contributed by atoms with E-state index in [0.29, 0.717) is 48.7 Å². The Morgan fingerprint density at radius 1 is 1.15 bits per heavy atom. The van der Waals surface area contributed by atoms with Gasteiger partial charge >= 0.3 is 0 Å². The Labute approximate surface area is 192 Å². The van der Waals surface area contributed by atoms with Crippen LogP contribution in [0.3, 0.4) is 0 Å². The normalized spacial score (nSPS) is 25.2. The van der Waals surface area contributed by atoms with Gasteiger partial charge in [0.05, 0.1) is 18.3 Å². The standard InChI is InChI=1S/C25H28N6O2/c26-25-19-3-2-16(18(19)5-6-27-25)7-23(33)17-9-29-31(11-17)10-15-1-4-24(28-8-15)30-12-20-21(13-30)22(20)14-32/h1,4-6,8-9,11,16,20-22,32H,2-3,7,10,12-14H2,(H2,26,27)/t16-,20-,21+,22?/m0/s1. The molecule has 8 heteroatoms. The first-order valence-electron chi connectivity index (χ1n) is 11.7. The van der Waals surface area contributed by atoms with Crippen LogP contribution in [0.15, 0.2) is 43.0 Å². The van der Waals surface area contributed by atoms with Crippen LogP contribution >= 0.6 is 0 Å². The maximum atomic E-state index is 12.9. The molecule has 3 aromatic rings. The Hall–Kier alpha value is -3.26. The molecule has 1 unspecified atom stereocenters. The molecule has 2 fully saturated rings. The molecule has 4 atom stereocenters. The number of nitrogens with two attached hydrogens (primary N) is 1. The second-order valence-corrected chi connectivity index (χ2v) is 9.66. The molecule has 0 aromatic carbocycles. The summed E-state index contributed by atoms with van der Waals surface area (Å²) in [7, 11) is 0. The van der Waals surface area contributed by atoms with E-state index in [1.165, 1.54) is 0 Å². The van der Waals surface area contributed by atoms with Crippen molar-refractivity contribution in [2.24, 2.45) is 17.8 Å². The molecule has 0 radical (unpaired) electrons. The summed E-state index contributed by atoms with van der Waals surface area (Å²) in [6.07, 6.45) is 9.39. The number of aliphatic hydroxyl groups excluding tert-OH is 1. The molecule has 8 nitrogen and oxygen atoms in total. The lowest BCUT2D eigenvalue weighted by atomic mass is 9.94. The van der Waals surface area contributed by atoms with Crippen LogP contribution in [0.4, 0.5) is 11.6 Å². The van der Waals surface area contributed by atoms with Gasteiger partial charge in [0.15, 0.2) is 5.78 Å². The lowest BCUT2D eigenvalue weighted by Gasteiger charge is -2.20. The summed E-state index contributed by atoms with van der Waals surface area (Å²) in [5.74, 6) is 3.64. The SMILES string of the molecule is Nc1nccc2c1CC[C@H]2CC(=O)c1cnn(Cc2ccc(N3C[C@@H]4C(CO)[C@@H]4C3)nc2)c1. The number of carbonyl (C=O) groups is 1. The maximum Gasteiger partial charge on any atom is 0.166 e. The summed E-state index contributed by atoms with van der Waals surface area (Å²) in [6.45, 7) is 2.86. The van der Waals surface area contributed by atoms with Crippen molar-refractivity contribution in [2.75, 3.05) is 30.3 Å². The number of fused-ring (bicyclic) bond motifs is 2. The lowest BCUT2D eigenvalue weighted by molar-refractivity contribution is 0.0973. The summed E-state index contributed by atoms with van der Waals surface area (Å²) < 4.78 is 1.80. The van der Waals surface area contributed by atoms with Gasteiger partial charge in [0.2, 0.25) is 0 Å². The van der Waals surface area contributed by atoms with Crippen molar-refractivity contribution in [3.05, 3.63) is 65.2 Å². The van der Waals surface area contributed by atoms with E-state index in [1.807, 2.05) is 18.5 Å². The molecule has 0 bridgehead atoms. The third kappa shape index (κ3) is 3.68. The number of carbonyl (C=O) groups excluding carboxylic acids is 1. The second-order valence-electron chi connectivity index (χ2n) is 9.66. The van der Waals surface area contributed by atoms with Gasteiger partial charge in [-0.05, 0) is 65.3 Å². The Bertz CT molecular complexity index is 1180. The molecule has 6 rings (SSSR count). The van der Waals surface area contributed by atoms with Gasteiger partial charge in [-0.2, -0.15) is 5.10 Å². The molecule has 1 saturated carbocycles. The van der Waals surface area contributed by atoms with Gasteiger partial charge < -0.3 is 15.7 Å². The highest BCUT2D eigenvalue weighted by atomic mass is 16.3. The van der Waals surface area contributed by atoms with Crippen LogP contribution in [-0.4, -0.2) is 50.3 Å². The van der Waals surface area contributed by atoms with E-state index in [-0.39, 0.29) is 11.7 Å². The van der Waals surface area contributed by atoms with Crippen LogP contribution in [0.2, 0.25) is 0 Å². The van der Waals surface area contributed by atoms with Gasteiger partial charge in [-0.3, -0.25) is 9.48 Å². The van der Waals surface area contributed by atoms with E-state index in [9.17, 15) is 9.90 Å². The minimum absolute atomic E-state index is 0.108. The monoisotopic (exact) mass is 444 g/mol. The Morgan fingerprint density at radius 2 is 2.00 bits per heavy atom. The van der Waals surface area contributed by atoms with E-state index >= 15 is 0 Å². The van der Waals surface area contributed by atoms with Crippen LogP contribution in [-0.2, 0) is 13.0 Å². The van der Waals surface area contributed by atoms with Crippen molar-refractivity contribution < 1.29 is 9.90 Å². The van der Waals surface area contributed by atoms with Gasteiger partial charge in [-0.25, -0.2) is 9.97 Å². The topological polar surface area (TPSA) is 110 Å². The number of piperidine rings is 1. The highest BCUT2D eigenvalue weighted by molar-refractivity contribution is 5.96. The molecule has 170 valence electrons. The highest BCUT2D eigenvalue weighted by Gasteiger charge is 2.55. The van der Waals surface area contributed by atoms with Crippen molar-refractivity contribution >= 4 is 17.4 Å². The number of pyridine rings is 2. The Morgan fingerprint density at radius 3 is 2.76 bits per heavy atom. The van der Waals surface area contributed by atoms with Crippen molar-refractivity contribution in [3.8, 4) is 0 Å². The predicted octanol–water partition coefficient (Wildman–Crippen LogP) is 2.28. The number of hydrogen-bond donors (Lipinski definition) is 2. The average molecular weight is 445 g/mol. The predicted molar refractivity (Wildman–Crippen MR) is 124 cm³/mol. The Kier molecular flexibility index (Phi) is 4.90. The third-order valence-electron chi connectivity index (χ3n) is 7.75. The van der Waals surface area contributed by atoms with Crippen molar-refractivity contribution in [2.45, 2.75) is 31.7 Å². The van der Waals surface area contributed by atoms with Crippen LogP contribution < -0.4 is 10.6 Å². The van der Waals surface area contributed by atoms with E-state index in [0.717, 1.165) is 48.4 Å². The first kappa shape index (κ1) is 20.4. The molecule has 0 spiro atoms. The number of Topliss-reactive ketones (excluding diaryl/α,β-unsaturated/α-hetero) is 1. The van der Waals surface area contributed by atoms with Gasteiger partial charge in [0.25, 0.3) is 0 Å². The smallest absolute Gasteiger partial charge is 0.166 e. The Balaban J connectivity index is 1.07. The first-order chi connectivity index (χ1) is 16.1. The molecular formula is C25H28N6O2. The number of anilines is 2. The van der Waals surface area contributed by atoms with E-state index in [1.54, 1.807) is 17.1 Å². The zero-order valence-electron chi connectivity index (χ0n) is 18.5. The molecule has 33 heavy (non-hydrogen) atoms. The number of nitrogen functional groups attached to an aromatic ring is 1. The zero-order valence-corrected chi connectivity index (χ0v) is 18.5. The van der Waals surface area contributed by atoms with Gasteiger partial charge in [-0.1, -0.05) is 6.07 Å². The lowest BCUT2D eigenvalue weighted by Crippen LogP contribution is -2.25. The molecule has 1 saturated heterocycles. The van der Waals surface area contributed by atoms with Gasteiger partial charge in [-0.15, -0.1) is 0 Å². The largest absolute Gasteiger partial charge is 0.396 e. The summed E-state index contributed by atoms with van der Waals surface area (Å²) >= 11 is 0. The van der Waals surface area contributed by atoms with Crippen LogP contribution in [0, 0.1) is 17.8 Å². The van der Waals surface area contributed by atoms with E-state index < -0.39 is 0 Å². The van der Waals surface area contributed by atoms with E-state index in [2.05, 4.69) is 32.1 Å². The zero-order chi connectivity index (χ0) is 22.5. The molecule has 3 aliphatic rings. The summed E-state index contributed by atoms with van der Waals surface area (Å²) in [6, 6.07) is 6.13. The molecular weight excluding hydrogens is 416 g/mol. The molecule has 1 aliphatic heterocycles. The fourth-order valence-electron chi connectivity index (χ4n) is 5.79. The van der Waals surface area contributed by atoms with Crippen LogP contribution in [0.5, 0.6) is 0 Å². The molecule has 3 N–H and O–H groups in total. The quantitative estimate of drug-likeness (QED) is 0.538. The number of nitrogens with zero attached hydrogens (tertiary/aromatic N) is 5. The number of hydrogen-bond acceptors (Lipinski definition) is 7. The number of aliphatic hydroxyl groups is 1. The minimum atomic E-state index is 0.108. The number of rotatable bonds is 7. The van der Waals surface area contributed by atoms with Gasteiger partial charge in [0.1, 0.15) is 11.6 Å². The van der Waals surface area contributed by atoms with Crippen molar-refractivity contribution in [1.82, 2.24) is 19.7 Å². The second kappa shape index (κ2) is 7.95. The summed E-state index contributed by atoms with van der Waals surface area (Å²) in [4.78, 5) is 24.0. The molecule has 3 aromatic heterocycles. The van der Waals surface area contributed by atoms with Crippen molar-refractivity contribution in [1.29, 1.82) is 0 Å². The molecule has 4 heterocycles. The fourth-order valence-corrected chi connectivity index (χ4v) is 5.79. The molecule has 0 amide bonds. The number of aromatic nitrogens is 4.